The molecule has 1 heterocycles. The van der Waals surface area contributed by atoms with Crippen molar-refractivity contribution in [2.75, 3.05) is 0 Å². The zero-order chi connectivity index (χ0) is 17.0. The van der Waals surface area contributed by atoms with E-state index in [-0.39, 0.29) is 12.5 Å². The summed E-state index contributed by atoms with van der Waals surface area (Å²) in [5, 5.41) is -4.97. The molecule has 0 aromatic rings. The topological polar surface area (TPSA) is 93.2 Å². The van der Waals surface area contributed by atoms with Crippen LogP contribution in [0.3, 0.4) is 0 Å². The molecule has 1 aliphatic heterocycles. The third-order valence-electron chi connectivity index (χ3n) is 3.55. The van der Waals surface area contributed by atoms with E-state index in [0.29, 0.717) is 0 Å². The van der Waals surface area contributed by atoms with Crippen LogP contribution < -0.4 is 0 Å². The third-order valence-corrected chi connectivity index (χ3v) is 4.37. The van der Waals surface area contributed by atoms with Gasteiger partial charge in [-0.1, -0.05) is 39.5 Å². The molecule has 130 valence electrons. The Morgan fingerprint density at radius 3 is 2.45 bits per heavy atom. The Kier molecular flexibility index (Phi) is 6.69. The van der Waals surface area contributed by atoms with Crippen LogP contribution in [-0.2, 0) is 24.4 Å². The largest absolute Gasteiger partial charge is 0.465 e. The van der Waals surface area contributed by atoms with Crippen LogP contribution in [0, 0.1) is 0 Å². The second kappa shape index (κ2) is 7.65. The first-order valence-corrected chi connectivity index (χ1v) is 8.80. The lowest BCUT2D eigenvalue weighted by molar-refractivity contribution is -0.168. The average molecular weight is 344 g/mol. The number of hydrogen-bond donors (Lipinski definition) is 1. The first kappa shape index (κ1) is 19.2. The summed E-state index contributed by atoms with van der Waals surface area (Å²) < 4.78 is 65.5. The maximum Gasteiger partial charge on any atom is 0.465 e. The van der Waals surface area contributed by atoms with Gasteiger partial charge in [-0.25, -0.2) is 4.79 Å². The van der Waals surface area contributed by atoms with E-state index in [9.17, 15) is 22.0 Å². The number of epoxide rings is 1. The molecule has 0 radical (unpaired) electrons. The van der Waals surface area contributed by atoms with Crippen molar-refractivity contribution in [2.24, 2.45) is 0 Å². The van der Waals surface area contributed by atoms with Crippen LogP contribution >= 0.6 is 0 Å². The summed E-state index contributed by atoms with van der Waals surface area (Å²) in [5.41, 5.74) is 0. The quantitative estimate of drug-likeness (QED) is 0.283. The lowest BCUT2D eigenvalue weighted by Gasteiger charge is -2.17. The van der Waals surface area contributed by atoms with E-state index in [1.807, 2.05) is 0 Å². The molecule has 3 atom stereocenters. The van der Waals surface area contributed by atoms with Crippen molar-refractivity contribution in [1.29, 1.82) is 0 Å². The van der Waals surface area contributed by atoms with Gasteiger partial charge in [0.1, 0.15) is 12.2 Å². The van der Waals surface area contributed by atoms with Gasteiger partial charge in [-0.05, 0) is 12.8 Å². The smallest absolute Gasteiger partial charge is 0.454 e. The normalized spacial score (nSPS) is 23.1. The molecule has 1 aliphatic rings. The van der Waals surface area contributed by atoms with Gasteiger partial charge in [-0.3, -0.25) is 4.55 Å². The van der Waals surface area contributed by atoms with Gasteiger partial charge in [0.05, 0.1) is 6.10 Å². The Hall–Kier alpha value is -0.800. The molecule has 1 rings (SSSR count). The van der Waals surface area contributed by atoms with Crippen molar-refractivity contribution in [2.45, 2.75) is 75.9 Å². The summed E-state index contributed by atoms with van der Waals surface area (Å²) in [6, 6.07) is 0. The number of esters is 1. The highest BCUT2D eigenvalue weighted by molar-refractivity contribution is 7.87. The molecular formula is C13H22F2O6S. The highest BCUT2D eigenvalue weighted by atomic mass is 32.2. The van der Waals surface area contributed by atoms with Gasteiger partial charge in [0.2, 0.25) is 0 Å². The van der Waals surface area contributed by atoms with Crippen molar-refractivity contribution in [1.82, 2.24) is 0 Å². The molecule has 0 aromatic heterocycles. The van der Waals surface area contributed by atoms with Crippen LogP contribution in [0.2, 0.25) is 0 Å². The molecule has 0 aliphatic carbocycles. The molecule has 1 saturated heterocycles. The first-order chi connectivity index (χ1) is 10.1. The van der Waals surface area contributed by atoms with Crippen molar-refractivity contribution >= 4 is 16.1 Å². The highest BCUT2D eigenvalue weighted by Gasteiger charge is 2.56. The lowest BCUT2D eigenvalue weighted by Crippen LogP contribution is -2.41. The Morgan fingerprint density at radius 2 is 1.95 bits per heavy atom. The predicted molar refractivity (Wildman–Crippen MR) is 74.1 cm³/mol. The molecule has 1 fully saturated rings. The second-order valence-corrected chi connectivity index (χ2v) is 6.80. The van der Waals surface area contributed by atoms with Crippen LogP contribution in [0.15, 0.2) is 0 Å². The van der Waals surface area contributed by atoms with Crippen LogP contribution in [0.4, 0.5) is 8.78 Å². The monoisotopic (exact) mass is 344 g/mol. The Bertz CT molecular complexity index is 479. The van der Waals surface area contributed by atoms with E-state index in [0.717, 1.165) is 32.1 Å². The lowest BCUT2D eigenvalue weighted by atomic mass is 10.1. The fraction of sp³-hybridized carbons (Fsp3) is 0.923. The summed E-state index contributed by atoms with van der Waals surface area (Å²) in [4.78, 5) is 11.3. The van der Waals surface area contributed by atoms with Crippen molar-refractivity contribution in [3.05, 3.63) is 0 Å². The van der Waals surface area contributed by atoms with Gasteiger partial charge in [-0.2, -0.15) is 17.2 Å². The summed E-state index contributed by atoms with van der Waals surface area (Å²) in [6.07, 6.45) is 3.52. The zero-order valence-electron chi connectivity index (χ0n) is 12.6. The van der Waals surface area contributed by atoms with Gasteiger partial charge < -0.3 is 9.47 Å². The van der Waals surface area contributed by atoms with Crippen LogP contribution in [0.1, 0.15) is 52.4 Å². The van der Waals surface area contributed by atoms with Crippen LogP contribution in [-0.4, -0.2) is 42.5 Å². The molecule has 0 aromatic carbocycles. The summed E-state index contributed by atoms with van der Waals surface area (Å²) >= 11 is 0. The minimum absolute atomic E-state index is 0.158. The Morgan fingerprint density at radius 1 is 1.32 bits per heavy atom. The van der Waals surface area contributed by atoms with Gasteiger partial charge in [0.25, 0.3) is 0 Å². The number of carbonyl (C=O) groups excluding carboxylic acids is 1. The van der Waals surface area contributed by atoms with E-state index in [2.05, 4.69) is 11.7 Å². The van der Waals surface area contributed by atoms with E-state index < -0.39 is 33.5 Å². The van der Waals surface area contributed by atoms with E-state index in [4.69, 9.17) is 9.29 Å². The summed E-state index contributed by atoms with van der Waals surface area (Å²) in [6.45, 7) is 3.69. The maximum absolute atomic E-state index is 13.1. The standard InChI is InChI=1S/C13H22F2O6S/c1-3-5-6-7-8-10-11(20-10)9(4-2)21-12(16)13(14,15)22(17,18)19/h9-11H,3-8H2,1-2H3,(H,17,18,19). The van der Waals surface area contributed by atoms with Crippen LogP contribution in [0.25, 0.3) is 0 Å². The van der Waals surface area contributed by atoms with E-state index in [1.165, 1.54) is 0 Å². The zero-order valence-corrected chi connectivity index (χ0v) is 13.4. The number of unbranched alkanes of at least 4 members (excludes halogenated alkanes) is 3. The minimum atomic E-state index is -5.84. The number of alkyl halides is 2. The molecule has 9 heteroatoms. The second-order valence-electron chi connectivity index (χ2n) is 5.33. The minimum Gasteiger partial charge on any atom is -0.454 e. The molecule has 0 amide bonds. The molecule has 22 heavy (non-hydrogen) atoms. The fourth-order valence-corrected chi connectivity index (χ4v) is 2.44. The average Bonchev–Trinajstić information content (AvgIpc) is 3.18. The predicted octanol–water partition coefficient (Wildman–Crippen LogP) is 2.53. The van der Waals surface area contributed by atoms with E-state index in [1.54, 1.807) is 6.92 Å². The highest BCUT2D eigenvalue weighted by Crippen LogP contribution is 2.34. The van der Waals surface area contributed by atoms with Gasteiger partial charge in [0, 0.05) is 0 Å². The van der Waals surface area contributed by atoms with Crippen LogP contribution in [0.5, 0.6) is 0 Å². The molecule has 3 unspecified atom stereocenters. The summed E-state index contributed by atoms with van der Waals surface area (Å²) in [7, 11) is -5.84. The number of halogens is 2. The molecule has 0 bridgehead atoms. The summed E-state index contributed by atoms with van der Waals surface area (Å²) in [5.74, 6) is -2.28. The molecule has 6 nitrogen and oxygen atoms in total. The van der Waals surface area contributed by atoms with Gasteiger partial charge in [0.15, 0.2) is 0 Å². The molecule has 0 saturated carbocycles. The number of ether oxygens (including phenoxy) is 2. The first-order valence-electron chi connectivity index (χ1n) is 7.36. The molecule has 1 N–H and O–H groups in total. The Labute approximate surface area is 128 Å². The fourth-order valence-electron chi connectivity index (χ4n) is 2.18. The van der Waals surface area contributed by atoms with Crippen molar-refractivity contribution in [3.8, 4) is 0 Å². The number of rotatable bonds is 10. The third kappa shape index (κ3) is 4.85. The van der Waals surface area contributed by atoms with Crippen molar-refractivity contribution in [3.63, 3.8) is 0 Å². The Balaban J connectivity index is 2.49. The number of carbonyl (C=O) groups is 1. The molecule has 0 spiro atoms. The SMILES string of the molecule is CCCCCCC1OC1C(CC)OC(=O)C(F)(F)S(=O)(=O)O. The van der Waals surface area contributed by atoms with E-state index >= 15 is 0 Å². The van der Waals surface area contributed by atoms with Crippen molar-refractivity contribution < 1.29 is 36.0 Å². The maximum atomic E-state index is 13.1. The molecular weight excluding hydrogens is 322 g/mol. The van der Waals surface area contributed by atoms with Gasteiger partial charge >= 0.3 is 21.3 Å². The van der Waals surface area contributed by atoms with Gasteiger partial charge in [-0.15, -0.1) is 0 Å². The number of hydrogen-bond acceptors (Lipinski definition) is 5.